The lowest BCUT2D eigenvalue weighted by atomic mass is 10.1. The van der Waals surface area contributed by atoms with Gasteiger partial charge in [0.25, 0.3) is 0 Å². The van der Waals surface area contributed by atoms with Gasteiger partial charge in [-0.05, 0) is 6.08 Å². The first-order valence-corrected chi connectivity index (χ1v) is 3.91. The van der Waals surface area contributed by atoms with E-state index in [9.17, 15) is 0 Å². The summed E-state index contributed by atoms with van der Waals surface area (Å²) in [6, 6.07) is 0. The normalized spacial score (nSPS) is 27.9. The Morgan fingerprint density at radius 2 is 2.40 bits per heavy atom. The van der Waals surface area contributed by atoms with Gasteiger partial charge in [-0.15, -0.1) is 0 Å². The van der Waals surface area contributed by atoms with Gasteiger partial charge in [0.2, 0.25) is 0 Å². The highest BCUT2D eigenvalue weighted by molar-refractivity contribution is 9.10. The molecule has 2 rings (SSSR count). The van der Waals surface area contributed by atoms with E-state index in [0.29, 0.717) is 0 Å². The van der Waals surface area contributed by atoms with Crippen LogP contribution in [0.5, 0.6) is 0 Å². The quantitative estimate of drug-likeness (QED) is 0.528. The summed E-state index contributed by atoms with van der Waals surface area (Å²) < 4.78 is 0. The first-order valence-electron chi connectivity index (χ1n) is 3.00. The van der Waals surface area contributed by atoms with Crippen LogP contribution in [0.2, 0.25) is 0 Å². The molecule has 0 spiro atoms. The van der Waals surface area contributed by atoms with E-state index in [1.54, 1.807) is 6.20 Å². The fraction of sp³-hybridized carbons (Fsp3) is 0.143. The number of hydrogen-bond donors (Lipinski definition) is 0. The molecular weight excluding hydrogens is 192 g/mol. The molecule has 0 aromatic rings. The van der Waals surface area contributed by atoms with Crippen molar-refractivity contribution in [1.29, 1.82) is 0 Å². The molecule has 2 aliphatic rings. The molecule has 0 saturated carbocycles. The Labute approximate surface area is 67.2 Å². The molecule has 50 valence electrons. The zero-order valence-electron chi connectivity index (χ0n) is 5.16. The molecule has 0 unspecified atom stereocenters. The topological polar surface area (TPSA) is 24.7 Å². The van der Waals surface area contributed by atoms with Gasteiger partial charge in [-0.3, -0.25) is 9.98 Å². The molecule has 3 heteroatoms. The summed E-state index contributed by atoms with van der Waals surface area (Å²) in [6.07, 6.45) is 7.40. The van der Waals surface area contributed by atoms with Crippen molar-refractivity contribution in [3.05, 3.63) is 24.0 Å². The lowest BCUT2D eigenvalue weighted by Gasteiger charge is -2.08. The third-order valence-corrected chi connectivity index (χ3v) is 2.13. The van der Waals surface area contributed by atoms with Gasteiger partial charge in [-0.1, -0.05) is 15.9 Å². The molecule has 0 bridgehead atoms. The fourth-order valence-corrected chi connectivity index (χ4v) is 1.49. The van der Waals surface area contributed by atoms with E-state index in [1.165, 1.54) is 0 Å². The zero-order chi connectivity index (χ0) is 6.97. The minimum atomic E-state index is 0.197. The van der Waals surface area contributed by atoms with Gasteiger partial charge in [0.05, 0.1) is 10.5 Å². The van der Waals surface area contributed by atoms with E-state index in [0.717, 1.165) is 11.3 Å². The Morgan fingerprint density at radius 3 is 3.20 bits per heavy atom. The summed E-state index contributed by atoms with van der Waals surface area (Å²) in [4.78, 5) is 8.40. The van der Waals surface area contributed by atoms with Crippen LogP contribution in [0.15, 0.2) is 34.0 Å². The van der Waals surface area contributed by atoms with Crippen LogP contribution in [0, 0.1) is 0 Å². The van der Waals surface area contributed by atoms with Crippen LogP contribution in [0.1, 0.15) is 0 Å². The van der Waals surface area contributed by atoms with Gasteiger partial charge < -0.3 is 0 Å². The number of rotatable bonds is 0. The van der Waals surface area contributed by atoms with Crippen molar-refractivity contribution in [3.63, 3.8) is 0 Å². The lowest BCUT2D eigenvalue weighted by Crippen LogP contribution is -2.17. The van der Waals surface area contributed by atoms with Crippen LogP contribution in [0.3, 0.4) is 0 Å². The summed E-state index contributed by atoms with van der Waals surface area (Å²) in [5.74, 6) is 0. The maximum Gasteiger partial charge on any atom is 0.0925 e. The van der Waals surface area contributed by atoms with E-state index in [1.807, 2.05) is 18.5 Å². The molecule has 1 atom stereocenters. The molecule has 0 radical (unpaired) electrons. The van der Waals surface area contributed by atoms with Crippen LogP contribution in [0.4, 0.5) is 0 Å². The van der Waals surface area contributed by atoms with Crippen molar-refractivity contribution in [1.82, 2.24) is 0 Å². The van der Waals surface area contributed by atoms with Gasteiger partial charge in [-0.25, -0.2) is 0 Å². The van der Waals surface area contributed by atoms with Crippen LogP contribution in [-0.2, 0) is 0 Å². The Morgan fingerprint density at radius 1 is 1.50 bits per heavy atom. The Bertz CT molecular complexity index is 273. The predicted molar refractivity (Wildman–Crippen MR) is 45.9 cm³/mol. The van der Waals surface area contributed by atoms with Crippen molar-refractivity contribution < 1.29 is 0 Å². The van der Waals surface area contributed by atoms with Crippen LogP contribution < -0.4 is 0 Å². The summed E-state index contributed by atoms with van der Waals surface area (Å²) in [5, 5.41) is 0. The fourth-order valence-electron chi connectivity index (χ4n) is 0.967. The van der Waals surface area contributed by atoms with Crippen LogP contribution >= 0.6 is 15.9 Å². The second-order valence-corrected chi connectivity index (χ2v) is 3.10. The lowest BCUT2D eigenvalue weighted by molar-refractivity contribution is 1.45. The standard InChI is InChI=1S/C7H5BrN2/c8-6-4-9-3-5-1-2-10-7(5)6/h1-4,6H/t6-/m0/s1. The number of nitrogens with zero attached hydrogens (tertiary/aromatic N) is 2. The first kappa shape index (κ1) is 6.04. The molecule has 0 aliphatic carbocycles. The highest BCUT2D eigenvalue weighted by atomic mass is 79.9. The van der Waals surface area contributed by atoms with E-state index >= 15 is 0 Å². The summed E-state index contributed by atoms with van der Waals surface area (Å²) >= 11 is 3.43. The third kappa shape index (κ3) is 0.778. The Kier molecular flexibility index (Phi) is 1.31. The van der Waals surface area contributed by atoms with Crippen molar-refractivity contribution in [2.75, 3.05) is 0 Å². The highest BCUT2D eigenvalue weighted by Crippen LogP contribution is 2.18. The van der Waals surface area contributed by atoms with E-state index < -0.39 is 0 Å². The predicted octanol–water partition coefficient (Wildman–Crippen LogP) is 1.69. The number of fused-ring (bicyclic) bond motifs is 1. The smallest absolute Gasteiger partial charge is 0.0925 e. The summed E-state index contributed by atoms with van der Waals surface area (Å²) in [5.41, 5.74) is 2.18. The SMILES string of the molecule is Br[C@H]1C=NC=C2C=CN=C21. The molecule has 0 amide bonds. The van der Waals surface area contributed by atoms with Crippen LogP contribution in [0.25, 0.3) is 0 Å². The molecule has 2 heterocycles. The summed E-state index contributed by atoms with van der Waals surface area (Å²) in [7, 11) is 0. The van der Waals surface area contributed by atoms with Gasteiger partial charge in [0.1, 0.15) is 0 Å². The molecule has 2 nitrogen and oxygen atoms in total. The number of allylic oxidation sites excluding steroid dienone is 2. The van der Waals surface area contributed by atoms with E-state index in [2.05, 4.69) is 25.9 Å². The third-order valence-electron chi connectivity index (χ3n) is 1.46. The van der Waals surface area contributed by atoms with Gasteiger partial charge >= 0.3 is 0 Å². The number of alkyl halides is 1. The monoisotopic (exact) mass is 196 g/mol. The molecule has 0 aromatic heterocycles. The Hall–Kier alpha value is -0.700. The Balaban J connectivity index is 2.45. The number of hydrogen-bond acceptors (Lipinski definition) is 2. The molecule has 0 fully saturated rings. The van der Waals surface area contributed by atoms with Crippen LogP contribution in [-0.4, -0.2) is 16.8 Å². The number of halogens is 1. The molecule has 0 aromatic carbocycles. The average molecular weight is 197 g/mol. The molecule has 0 N–H and O–H groups in total. The van der Waals surface area contributed by atoms with Crippen molar-refractivity contribution in [2.24, 2.45) is 9.98 Å². The molecule has 10 heavy (non-hydrogen) atoms. The minimum absolute atomic E-state index is 0.197. The van der Waals surface area contributed by atoms with Crippen molar-refractivity contribution in [3.8, 4) is 0 Å². The maximum absolute atomic E-state index is 4.17. The molecular formula is C7H5BrN2. The molecule has 0 saturated heterocycles. The van der Waals surface area contributed by atoms with Crippen molar-refractivity contribution in [2.45, 2.75) is 4.83 Å². The number of aliphatic imine (C=N–C) groups is 2. The molecule has 2 aliphatic heterocycles. The first-order chi connectivity index (χ1) is 4.88. The van der Waals surface area contributed by atoms with Gasteiger partial charge in [0, 0.05) is 24.2 Å². The van der Waals surface area contributed by atoms with Crippen molar-refractivity contribution >= 4 is 27.9 Å². The van der Waals surface area contributed by atoms with Gasteiger partial charge in [0.15, 0.2) is 0 Å². The van der Waals surface area contributed by atoms with E-state index in [-0.39, 0.29) is 4.83 Å². The minimum Gasteiger partial charge on any atom is -0.267 e. The highest BCUT2D eigenvalue weighted by Gasteiger charge is 2.18. The average Bonchev–Trinajstić information content (AvgIpc) is 2.36. The second kappa shape index (κ2) is 2.16. The van der Waals surface area contributed by atoms with Gasteiger partial charge in [-0.2, -0.15) is 0 Å². The maximum atomic E-state index is 4.17. The largest absolute Gasteiger partial charge is 0.267 e. The van der Waals surface area contributed by atoms with E-state index in [4.69, 9.17) is 0 Å². The summed E-state index contributed by atoms with van der Waals surface area (Å²) in [6.45, 7) is 0. The second-order valence-electron chi connectivity index (χ2n) is 2.11. The zero-order valence-corrected chi connectivity index (χ0v) is 6.75.